The highest BCUT2D eigenvalue weighted by Gasteiger charge is 2.59. The second kappa shape index (κ2) is 4.99. The molecule has 0 aromatic heterocycles. The lowest BCUT2D eigenvalue weighted by atomic mass is 9.88. The van der Waals surface area contributed by atoms with Crippen LogP contribution in [0.4, 0.5) is 0 Å². The summed E-state index contributed by atoms with van der Waals surface area (Å²) in [6, 6.07) is 0.379. The van der Waals surface area contributed by atoms with E-state index in [1.807, 2.05) is 0 Å². The molecule has 3 unspecified atom stereocenters. The van der Waals surface area contributed by atoms with Crippen LogP contribution in [0.5, 0.6) is 0 Å². The van der Waals surface area contributed by atoms with E-state index in [1.54, 1.807) is 0 Å². The summed E-state index contributed by atoms with van der Waals surface area (Å²) < 4.78 is 5.90. The van der Waals surface area contributed by atoms with Gasteiger partial charge in [0.25, 0.3) is 0 Å². The fourth-order valence-corrected chi connectivity index (χ4v) is 4.74. The maximum Gasteiger partial charge on any atom is 0.226 e. The average Bonchev–Trinajstić information content (AvgIpc) is 3.20. The number of nitrogens with zero attached hydrogens (tertiary/aromatic N) is 1. The van der Waals surface area contributed by atoms with Crippen LogP contribution >= 0.6 is 0 Å². The van der Waals surface area contributed by atoms with Crippen LogP contribution in [0.1, 0.15) is 44.9 Å². The molecule has 2 aliphatic carbocycles. The summed E-state index contributed by atoms with van der Waals surface area (Å²) in [5.74, 6) is 0.775. The molecule has 1 spiro atoms. The minimum atomic E-state index is 0.323. The van der Waals surface area contributed by atoms with E-state index in [2.05, 4.69) is 10.2 Å². The highest BCUT2D eigenvalue weighted by Crippen LogP contribution is 2.59. The summed E-state index contributed by atoms with van der Waals surface area (Å²) in [6.07, 6.45) is 8.68. The Kier molecular flexibility index (Phi) is 3.26. The van der Waals surface area contributed by atoms with Gasteiger partial charge in [-0.05, 0) is 50.6 Å². The summed E-state index contributed by atoms with van der Waals surface area (Å²) in [7, 11) is 0. The van der Waals surface area contributed by atoms with Crippen LogP contribution < -0.4 is 5.32 Å². The number of fused-ring (bicyclic) bond motifs is 1. The van der Waals surface area contributed by atoms with Crippen molar-refractivity contribution in [1.29, 1.82) is 0 Å². The van der Waals surface area contributed by atoms with Crippen LogP contribution in [0.2, 0.25) is 0 Å². The first-order chi connectivity index (χ1) is 9.80. The van der Waals surface area contributed by atoms with Crippen molar-refractivity contribution in [2.75, 3.05) is 26.2 Å². The van der Waals surface area contributed by atoms with Crippen molar-refractivity contribution in [3.05, 3.63) is 0 Å². The zero-order chi connectivity index (χ0) is 13.6. The third-order valence-electron chi connectivity index (χ3n) is 6.10. The number of hydrogen-bond acceptors (Lipinski definition) is 3. The summed E-state index contributed by atoms with van der Waals surface area (Å²) in [4.78, 5) is 15.1. The average molecular weight is 278 g/mol. The molecule has 20 heavy (non-hydrogen) atoms. The van der Waals surface area contributed by atoms with E-state index in [1.165, 1.54) is 25.7 Å². The topological polar surface area (TPSA) is 41.6 Å². The quantitative estimate of drug-likeness (QED) is 0.791. The highest BCUT2D eigenvalue weighted by atomic mass is 16.5. The minimum Gasteiger partial charge on any atom is -0.374 e. The maximum atomic E-state index is 12.9. The van der Waals surface area contributed by atoms with Crippen molar-refractivity contribution < 1.29 is 9.53 Å². The Morgan fingerprint density at radius 3 is 2.85 bits per heavy atom. The van der Waals surface area contributed by atoms with Crippen molar-refractivity contribution in [1.82, 2.24) is 10.2 Å². The molecule has 112 valence electrons. The van der Waals surface area contributed by atoms with Crippen LogP contribution in [0.15, 0.2) is 0 Å². The van der Waals surface area contributed by atoms with Crippen LogP contribution in [-0.2, 0) is 9.53 Å². The molecule has 4 rings (SSSR count). The first-order valence-corrected chi connectivity index (χ1v) is 8.43. The molecule has 2 saturated carbocycles. The third kappa shape index (κ3) is 2.08. The molecule has 0 aromatic carbocycles. The first kappa shape index (κ1) is 13.1. The van der Waals surface area contributed by atoms with Crippen molar-refractivity contribution in [2.24, 2.45) is 11.3 Å². The SMILES string of the molecule is O=C(C1CC12CCNCC2)N1CCOC2CCCCC21. The summed E-state index contributed by atoms with van der Waals surface area (Å²) in [5, 5.41) is 3.42. The molecule has 0 aromatic rings. The summed E-state index contributed by atoms with van der Waals surface area (Å²) >= 11 is 0. The summed E-state index contributed by atoms with van der Waals surface area (Å²) in [6.45, 7) is 3.76. The molecule has 4 nitrogen and oxygen atoms in total. The lowest BCUT2D eigenvalue weighted by molar-refractivity contribution is -0.151. The monoisotopic (exact) mass is 278 g/mol. The van der Waals surface area contributed by atoms with Gasteiger partial charge in [-0.3, -0.25) is 4.79 Å². The van der Waals surface area contributed by atoms with Gasteiger partial charge >= 0.3 is 0 Å². The Morgan fingerprint density at radius 1 is 1.20 bits per heavy atom. The van der Waals surface area contributed by atoms with E-state index in [-0.39, 0.29) is 0 Å². The summed E-state index contributed by atoms with van der Waals surface area (Å²) in [5.41, 5.74) is 0.366. The molecule has 0 bridgehead atoms. The van der Waals surface area contributed by atoms with E-state index in [0.717, 1.165) is 45.5 Å². The van der Waals surface area contributed by atoms with E-state index >= 15 is 0 Å². The van der Waals surface area contributed by atoms with Gasteiger partial charge in [0.2, 0.25) is 5.91 Å². The number of rotatable bonds is 1. The predicted octanol–water partition coefficient (Wildman–Crippen LogP) is 1.55. The second-order valence-corrected chi connectivity index (χ2v) is 7.16. The van der Waals surface area contributed by atoms with E-state index < -0.39 is 0 Å². The number of morpholine rings is 1. The smallest absolute Gasteiger partial charge is 0.226 e. The van der Waals surface area contributed by atoms with Crippen molar-refractivity contribution >= 4 is 5.91 Å². The van der Waals surface area contributed by atoms with Gasteiger partial charge in [-0.15, -0.1) is 0 Å². The second-order valence-electron chi connectivity index (χ2n) is 7.16. The predicted molar refractivity (Wildman–Crippen MR) is 76.4 cm³/mol. The van der Waals surface area contributed by atoms with Gasteiger partial charge in [-0.2, -0.15) is 0 Å². The Labute approximate surface area is 121 Å². The Morgan fingerprint density at radius 2 is 2.00 bits per heavy atom. The minimum absolute atomic E-state index is 0.323. The number of amides is 1. The molecule has 4 heteroatoms. The standard InChI is InChI=1S/C16H26N2O2/c19-15(12-11-16(12)5-7-17-8-6-16)18-9-10-20-14-4-2-1-3-13(14)18/h12-14,17H,1-11H2. The van der Waals surface area contributed by atoms with Gasteiger partial charge in [-0.25, -0.2) is 0 Å². The fraction of sp³-hybridized carbons (Fsp3) is 0.938. The van der Waals surface area contributed by atoms with Crippen LogP contribution in [0, 0.1) is 11.3 Å². The van der Waals surface area contributed by atoms with Gasteiger partial charge < -0.3 is 15.0 Å². The van der Waals surface area contributed by atoms with Gasteiger partial charge in [0.15, 0.2) is 0 Å². The Balaban J connectivity index is 1.45. The molecule has 1 N–H and O–H groups in total. The number of nitrogens with one attached hydrogen (secondary N) is 1. The van der Waals surface area contributed by atoms with E-state index in [0.29, 0.717) is 29.4 Å². The molecule has 1 amide bonds. The van der Waals surface area contributed by atoms with Crippen LogP contribution in [0.25, 0.3) is 0 Å². The normalized spacial score (nSPS) is 39.4. The third-order valence-corrected chi connectivity index (χ3v) is 6.10. The number of carbonyl (C=O) groups is 1. The van der Waals surface area contributed by atoms with Gasteiger partial charge in [0.05, 0.1) is 18.8 Å². The molecular formula is C16H26N2O2. The van der Waals surface area contributed by atoms with Gasteiger partial charge in [0, 0.05) is 12.5 Å². The fourth-order valence-electron chi connectivity index (χ4n) is 4.74. The lowest BCUT2D eigenvalue weighted by Crippen LogP contribution is -2.55. The molecule has 4 aliphatic rings. The van der Waals surface area contributed by atoms with Gasteiger partial charge in [-0.1, -0.05) is 12.8 Å². The molecule has 2 heterocycles. The molecule has 2 saturated heterocycles. The van der Waals surface area contributed by atoms with Crippen molar-refractivity contribution in [2.45, 2.75) is 57.1 Å². The van der Waals surface area contributed by atoms with Gasteiger partial charge in [0.1, 0.15) is 0 Å². The largest absolute Gasteiger partial charge is 0.374 e. The Bertz CT molecular complexity index is 390. The number of carbonyl (C=O) groups excluding carboxylic acids is 1. The van der Waals surface area contributed by atoms with Crippen molar-refractivity contribution in [3.63, 3.8) is 0 Å². The highest BCUT2D eigenvalue weighted by molar-refractivity contribution is 5.83. The molecule has 0 radical (unpaired) electrons. The van der Waals surface area contributed by atoms with Crippen LogP contribution in [0.3, 0.4) is 0 Å². The number of hydrogen-bond donors (Lipinski definition) is 1. The van der Waals surface area contributed by atoms with E-state index in [9.17, 15) is 4.79 Å². The molecular weight excluding hydrogens is 252 g/mol. The zero-order valence-corrected chi connectivity index (χ0v) is 12.3. The Hall–Kier alpha value is -0.610. The number of piperidine rings is 1. The first-order valence-electron chi connectivity index (χ1n) is 8.43. The van der Waals surface area contributed by atoms with Crippen molar-refractivity contribution in [3.8, 4) is 0 Å². The molecule has 4 fully saturated rings. The van der Waals surface area contributed by atoms with Crippen LogP contribution in [-0.4, -0.2) is 49.2 Å². The molecule has 3 atom stereocenters. The van der Waals surface area contributed by atoms with E-state index in [4.69, 9.17) is 4.74 Å². The molecule has 2 aliphatic heterocycles. The zero-order valence-electron chi connectivity index (χ0n) is 12.3. The lowest BCUT2D eigenvalue weighted by Gasteiger charge is -2.44. The maximum absolute atomic E-state index is 12.9. The number of ether oxygens (including phenoxy) is 1.